The van der Waals surface area contributed by atoms with Gasteiger partial charge in [-0.1, -0.05) is 180 Å². The summed E-state index contributed by atoms with van der Waals surface area (Å²) in [6.07, 6.45) is 28.5. The maximum absolute atomic E-state index is 12.8. The summed E-state index contributed by atoms with van der Waals surface area (Å²) in [6, 6.07) is 0. The minimum absolute atomic E-state index is 0.0720. The summed E-state index contributed by atoms with van der Waals surface area (Å²) in [4.78, 5) is 23.1. The van der Waals surface area contributed by atoms with Crippen molar-refractivity contribution >= 4 is 13.8 Å². The first kappa shape index (κ1) is 56.1. The first-order valence-electron chi connectivity index (χ1n) is 24.0. The molecular formula is C46H89O12P. The first-order chi connectivity index (χ1) is 28.5. The summed E-state index contributed by atoms with van der Waals surface area (Å²) in [5.74, 6) is -0.475. The standard InChI is InChI=1S/C46H89O12P/c1-3-5-7-9-11-13-15-17-18-19-20-21-22-23-24-26-28-30-32-34-36-55-37-39(57-40(47)35-33-31-29-27-25-16-14-12-10-8-6-4-2)38-56-59(53,54)58-46-44(51)42(49)41(48)43(50)45(46)52/h17-18,39,41-46,48-52H,3-16,19-38H2,1-2H3,(H,53,54)/b18-17-. The van der Waals surface area contributed by atoms with Gasteiger partial charge in [0.05, 0.1) is 13.2 Å². The van der Waals surface area contributed by atoms with Crippen molar-refractivity contribution in [2.75, 3.05) is 19.8 Å². The van der Waals surface area contributed by atoms with Crippen LogP contribution in [0.2, 0.25) is 0 Å². The highest BCUT2D eigenvalue weighted by molar-refractivity contribution is 7.47. The summed E-state index contributed by atoms with van der Waals surface area (Å²) in [6.45, 7) is 4.27. The fourth-order valence-corrected chi connectivity index (χ4v) is 8.50. The Labute approximate surface area is 358 Å². The normalized spacial score (nSPS) is 22.5. The number of aliphatic hydroxyl groups excluding tert-OH is 5. The second-order valence-electron chi connectivity index (χ2n) is 17.0. The maximum Gasteiger partial charge on any atom is 0.472 e. The Morgan fingerprint density at radius 3 is 1.34 bits per heavy atom. The van der Waals surface area contributed by atoms with Crippen LogP contribution in [0.25, 0.3) is 0 Å². The molecule has 0 saturated heterocycles. The number of ether oxygens (including phenoxy) is 2. The number of rotatable bonds is 41. The summed E-state index contributed by atoms with van der Waals surface area (Å²) >= 11 is 0. The second kappa shape index (κ2) is 37.6. The number of carbonyl (C=O) groups excluding carboxylic acids is 1. The summed E-state index contributed by atoms with van der Waals surface area (Å²) in [5, 5.41) is 50.2. The van der Waals surface area contributed by atoms with E-state index in [1.165, 1.54) is 148 Å². The number of phosphoric ester groups is 1. The zero-order chi connectivity index (χ0) is 43.4. The lowest BCUT2D eigenvalue weighted by Gasteiger charge is -2.41. The van der Waals surface area contributed by atoms with Gasteiger partial charge in [-0.25, -0.2) is 4.57 Å². The molecule has 1 rings (SSSR count). The van der Waals surface area contributed by atoms with Gasteiger partial charge in [0.2, 0.25) is 0 Å². The van der Waals surface area contributed by atoms with E-state index in [-0.39, 0.29) is 13.0 Å². The Bertz CT molecular complexity index is 1030. The lowest BCUT2D eigenvalue weighted by atomic mass is 9.85. The fourth-order valence-electron chi connectivity index (χ4n) is 7.53. The molecule has 0 aromatic rings. The number of hydrogen-bond acceptors (Lipinski definition) is 11. The molecule has 1 aliphatic rings. The molecule has 0 heterocycles. The van der Waals surface area contributed by atoms with E-state index < -0.39 is 63.1 Å². The number of hydrogen-bond donors (Lipinski definition) is 6. The van der Waals surface area contributed by atoms with E-state index in [1.54, 1.807) is 0 Å². The first-order valence-corrected chi connectivity index (χ1v) is 25.5. The monoisotopic (exact) mass is 865 g/mol. The topological polar surface area (TPSA) is 192 Å². The van der Waals surface area contributed by atoms with Gasteiger partial charge in [0.1, 0.15) is 42.7 Å². The van der Waals surface area contributed by atoms with E-state index in [1.807, 2.05) is 0 Å². The van der Waals surface area contributed by atoms with Crippen molar-refractivity contribution in [1.82, 2.24) is 0 Å². The third-order valence-electron chi connectivity index (χ3n) is 11.4. The lowest BCUT2D eigenvalue weighted by molar-refractivity contribution is -0.220. The Hall–Kier alpha value is -0.920. The van der Waals surface area contributed by atoms with E-state index in [9.17, 15) is 39.8 Å². The highest BCUT2D eigenvalue weighted by Crippen LogP contribution is 2.47. The Kier molecular flexibility index (Phi) is 35.8. The SMILES string of the molecule is CCCCCCCC/C=C\CCCCCCCCCCCCOCC(COP(=O)(O)OC1C(O)C(O)C(O)C(O)C1O)OC(=O)CCCCCCCCCCCCCC. The molecule has 0 bridgehead atoms. The molecule has 0 radical (unpaired) electrons. The van der Waals surface area contributed by atoms with Gasteiger partial charge in [0, 0.05) is 13.0 Å². The molecule has 350 valence electrons. The molecule has 6 N–H and O–H groups in total. The van der Waals surface area contributed by atoms with E-state index in [0.717, 1.165) is 38.5 Å². The molecule has 12 nitrogen and oxygen atoms in total. The molecule has 1 aliphatic carbocycles. The van der Waals surface area contributed by atoms with Gasteiger partial charge < -0.3 is 39.9 Å². The molecule has 59 heavy (non-hydrogen) atoms. The van der Waals surface area contributed by atoms with Crippen LogP contribution in [0.4, 0.5) is 0 Å². The zero-order valence-corrected chi connectivity index (χ0v) is 38.2. The van der Waals surface area contributed by atoms with E-state index >= 15 is 0 Å². The number of phosphoric acid groups is 1. The average molecular weight is 865 g/mol. The molecular weight excluding hydrogens is 775 g/mol. The van der Waals surface area contributed by atoms with Crippen LogP contribution >= 0.6 is 7.82 Å². The minimum atomic E-state index is -5.01. The number of allylic oxidation sites excluding steroid dienone is 2. The minimum Gasteiger partial charge on any atom is -0.457 e. The Balaban J connectivity index is 2.34. The second-order valence-corrected chi connectivity index (χ2v) is 18.4. The van der Waals surface area contributed by atoms with Crippen LogP contribution < -0.4 is 0 Å². The molecule has 13 heteroatoms. The average Bonchev–Trinajstić information content (AvgIpc) is 3.22. The van der Waals surface area contributed by atoms with E-state index in [4.69, 9.17) is 18.5 Å². The van der Waals surface area contributed by atoms with Crippen LogP contribution in [0.3, 0.4) is 0 Å². The molecule has 6 atom stereocenters. The van der Waals surface area contributed by atoms with Gasteiger partial charge in [0.15, 0.2) is 0 Å². The third kappa shape index (κ3) is 29.9. The molecule has 6 unspecified atom stereocenters. The number of unbranched alkanes of at least 4 members (excludes halogenated alkanes) is 27. The third-order valence-corrected chi connectivity index (χ3v) is 12.4. The summed E-state index contributed by atoms with van der Waals surface area (Å²) < 4.78 is 34.2. The van der Waals surface area contributed by atoms with Gasteiger partial charge in [0.25, 0.3) is 0 Å². The quantitative estimate of drug-likeness (QED) is 0.0148. The van der Waals surface area contributed by atoms with Crippen LogP contribution in [-0.2, 0) is 27.9 Å². The van der Waals surface area contributed by atoms with E-state index in [0.29, 0.717) is 13.0 Å². The number of carbonyl (C=O) groups is 1. The zero-order valence-electron chi connectivity index (χ0n) is 37.3. The van der Waals surface area contributed by atoms with Crippen molar-refractivity contribution in [3.63, 3.8) is 0 Å². The van der Waals surface area contributed by atoms with Crippen molar-refractivity contribution in [3.8, 4) is 0 Å². The van der Waals surface area contributed by atoms with Crippen LogP contribution in [0, 0.1) is 0 Å². The highest BCUT2D eigenvalue weighted by Gasteiger charge is 2.51. The van der Waals surface area contributed by atoms with Crippen LogP contribution in [0.5, 0.6) is 0 Å². The molecule has 1 fully saturated rings. The fraction of sp³-hybridized carbons (Fsp3) is 0.935. The molecule has 0 amide bonds. The van der Waals surface area contributed by atoms with E-state index in [2.05, 4.69) is 26.0 Å². The molecule has 0 spiro atoms. The Morgan fingerprint density at radius 2 is 0.898 bits per heavy atom. The lowest BCUT2D eigenvalue weighted by Crippen LogP contribution is -2.64. The number of aliphatic hydroxyl groups is 5. The van der Waals surface area contributed by atoms with Crippen LogP contribution in [-0.4, -0.2) is 98.9 Å². The van der Waals surface area contributed by atoms with Crippen molar-refractivity contribution in [2.45, 2.75) is 256 Å². The highest BCUT2D eigenvalue weighted by atomic mass is 31.2. The largest absolute Gasteiger partial charge is 0.472 e. The maximum atomic E-state index is 12.8. The van der Waals surface area contributed by atoms with Crippen LogP contribution in [0.1, 0.15) is 213 Å². The van der Waals surface area contributed by atoms with Crippen molar-refractivity contribution < 1.29 is 58.3 Å². The van der Waals surface area contributed by atoms with Gasteiger partial charge in [-0.05, 0) is 38.5 Å². The van der Waals surface area contributed by atoms with Crippen LogP contribution in [0.15, 0.2) is 12.2 Å². The molecule has 0 aliphatic heterocycles. The summed E-state index contributed by atoms with van der Waals surface area (Å²) in [7, 11) is -5.01. The van der Waals surface area contributed by atoms with Crippen molar-refractivity contribution in [2.24, 2.45) is 0 Å². The molecule has 0 aromatic carbocycles. The predicted molar refractivity (Wildman–Crippen MR) is 235 cm³/mol. The summed E-state index contributed by atoms with van der Waals surface area (Å²) in [5.41, 5.74) is 0. The van der Waals surface area contributed by atoms with Gasteiger partial charge in [-0.3, -0.25) is 13.8 Å². The van der Waals surface area contributed by atoms with Gasteiger partial charge in [-0.15, -0.1) is 0 Å². The number of esters is 1. The van der Waals surface area contributed by atoms with Gasteiger partial charge >= 0.3 is 13.8 Å². The smallest absolute Gasteiger partial charge is 0.457 e. The predicted octanol–water partition coefficient (Wildman–Crippen LogP) is 9.92. The van der Waals surface area contributed by atoms with Crippen molar-refractivity contribution in [1.29, 1.82) is 0 Å². The van der Waals surface area contributed by atoms with Gasteiger partial charge in [-0.2, -0.15) is 0 Å². The molecule has 1 saturated carbocycles. The van der Waals surface area contributed by atoms with Crippen molar-refractivity contribution in [3.05, 3.63) is 12.2 Å². The molecule has 0 aromatic heterocycles. The Morgan fingerprint density at radius 1 is 0.525 bits per heavy atom.